The van der Waals surface area contributed by atoms with Crippen LogP contribution in [0.15, 0.2) is 0 Å². The number of hydrogen-bond donors (Lipinski definition) is 1. The number of ether oxygens (including phenoxy) is 1. The zero-order chi connectivity index (χ0) is 17.0. The smallest absolute Gasteiger partial charge is 0.247 e. The zero-order valence-corrected chi connectivity index (χ0v) is 14.4. The predicted octanol–water partition coefficient (Wildman–Crippen LogP) is -0.102. The van der Waals surface area contributed by atoms with Crippen LogP contribution in [0.2, 0.25) is 0 Å². The average molecular weight is 344 g/mol. The van der Waals surface area contributed by atoms with E-state index in [1.807, 2.05) is 13.8 Å². The minimum atomic E-state index is -3.66. The quantitative estimate of drug-likeness (QED) is 0.766. The van der Waals surface area contributed by atoms with Crippen LogP contribution >= 0.6 is 0 Å². The fourth-order valence-corrected chi connectivity index (χ4v) is 6.76. The molecule has 3 atom stereocenters. The van der Waals surface area contributed by atoms with Crippen molar-refractivity contribution in [2.75, 3.05) is 25.4 Å². The van der Waals surface area contributed by atoms with Gasteiger partial charge in [-0.15, -0.1) is 0 Å². The van der Waals surface area contributed by atoms with Crippen LogP contribution in [0.5, 0.6) is 0 Å². The van der Waals surface area contributed by atoms with Gasteiger partial charge in [0.05, 0.1) is 12.4 Å². The molecule has 0 radical (unpaired) electrons. The Morgan fingerprint density at radius 3 is 2.65 bits per heavy atom. The first-order valence-electron chi connectivity index (χ1n) is 8.02. The maximum absolute atomic E-state index is 12.9. The molecule has 0 aromatic rings. The van der Waals surface area contributed by atoms with Gasteiger partial charge in [0.2, 0.25) is 15.9 Å². The largest absolute Gasteiger partial charge is 0.367 e. The van der Waals surface area contributed by atoms with Gasteiger partial charge >= 0.3 is 0 Å². The number of sulfonamides is 1. The number of carbonyl (C=O) groups excluding carboxylic acids is 2. The third-order valence-electron chi connectivity index (χ3n) is 6.31. The Labute approximate surface area is 136 Å². The number of Topliss-reactive ketones (excluding diaryl/α,β-unsaturated/α-hetero) is 1. The van der Waals surface area contributed by atoms with Gasteiger partial charge in [-0.2, -0.15) is 4.31 Å². The summed E-state index contributed by atoms with van der Waals surface area (Å²) in [6.07, 6.45) is 1.10. The monoisotopic (exact) mass is 344 g/mol. The molecule has 1 aliphatic heterocycles. The molecule has 0 aromatic carbocycles. The summed E-state index contributed by atoms with van der Waals surface area (Å²) < 4.78 is 32.3. The van der Waals surface area contributed by atoms with Gasteiger partial charge in [-0.25, -0.2) is 8.42 Å². The summed E-state index contributed by atoms with van der Waals surface area (Å²) in [5, 5.41) is 0. The topological polar surface area (TPSA) is 107 Å². The molecule has 3 fully saturated rings. The highest BCUT2D eigenvalue weighted by Gasteiger charge is 2.65. The number of fused-ring (bicyclic) bond motifs is 2. The molecule has 7 nitrogen and oxygen atoms in total. The average Bonchev–Trinajstić information content (AvgIpc) is 2.81. The van der Waals surface area contributed by atoms with E-state index in [0.29, 0.717) is 12.8 Å². The van der Waals surface area contributed by atoms with Crippen molar-refractivity contribution in [1.82, 2.24) is 4.31 Å². The van der Waals surface area contributed by atoms with E-state index in [1.165, 1.54) is 4.31 Å². The fourth-order valence-electron chi connectivity index (χ4n) is 4.56. The van der Waals surface area contributed by atoms with Gasteiger partial charge in [-0.3, -0.25) is 9.59 Å². The first-order chi connectivity index (χ1) is 10.6. The van der Waals surface area contributed by atoms with Crippen LogP contribution in [0.1, 0.15) is 33.1 Å². The molecule has 3 aliphatic rings. The van der Waals surface area contributed by atoms with Gasteiger partial charge in [0.15, 0.2) is 0 Å². The number of rotatable bonds is 4. The van der Waals surface area contributed by atoms with E-state index >= 15 is 0 Å². The highest BCUT2D eigenvalue weighted by molar-refractivity contribution is 7.89. The highest BCUT2D eigenvalue weighted by atomic mass is 32.2. The zero-order valence-electron chi connectivity index (χ0n) is 13.6. The minimum absolute atomic E-state index is 0.0637. The Kier molecular flexibility index (Phi) is 3.85. The van der Waals surface area contributed by atoms with Crippen molar-refractivity contribution in [3.63, 3.8) is 0 Å². The molecule has 3 rings (SSSR count). The lowest BCUT2D eigenvalue weighted by atomic mass is 9.70. The summed E-state index contributed by atoms with van der Waals surface area (Å²) in [7, 11) is -3.66. The number of hydrogen-bond acceptors (Lipinski definition) is 5. The van der Waals surface area contributed by atoms with Crippen molar-refractivity contribution in [1.29, 1.82) is 0 Å². The Hall–Kier alpha value is -0.990. The molecule has 2 aliphatic carbocycles. The lowest BCUT2D eigenvalue weighted by molar-refractivity contribution is -0.133. The van der Waals surface area contributed by atoms with E-state index in [1.54, 1.807) is 0 Å². The SMILES string of the molecule is CC1(C)[C@H]2CC[C@@]1(CS(=O)(=O)N1CCO[C@@H](C(N)=O)C1)C(=O)C2. The summed E-state index contributed by atoms with van der Waals surface area (Å²) in [6.45, 7) is 4.29. The van der Waals surface area contributed by atoms with E-state index in [-0.39, 0.29) is 42.6 Å². The normalized spacial score (nSPS) is 37.2. The Morgan fingerprint density at radius 2 is 2.13 bits per heavy atom. The Morgan fingerprint density at radius 1 is 1.43 bits per heavy atom. The minimum Gasteiger partial charge on any atom is -0.367 e. The second-order valence-electron chi connectivity index (χ2n) is 7.54. The molecule has 2 saturated carbocycles. The van der Waals surface area contributed by atoms with Crippen molar-refractivity contribution in [3.05, 3.63) is 0 Å². The number of carbonyl (C=O) groups is 2. The third-order valence-corrected chi connectivity index (χ3v) is 8.28. The second-order valence-corrected chi connectivity index (χ2v) is 9.51. The molecule has 0 unspecified atom stereocenters. The fraction of sp³-hybridized carbons (Fsp3) is 0.867. The predicted molar refractivity (Wildman–Crippen MR) is 82.9 cm³/mol. The van der Waals surface area contributed by atoms with E-state index in [9.17, 15) is 18.0 Å². The van der Waals surface area contributed by atoms with E-state index in [0.717, 1.165) is 6.42 Å². The maximum Gasteiger partial charge on any atom is 0.247 e. The first kappa shape index (κ1) is 16.9. The van der Waals surface area contributed by atoms with Gasteiger partial charge in [-0.05, 0) is 24.2 Å². The van der Waals surface area contributed by atoms with E-state index in [4.69, 9.17) is 10.5 Å². The van der Waals surface area contributed by atoms with Crippen LogP contribution in [0.25, 0.3) is 0 Å². The summed E-state index contributed by atoms with van der Waals surface area (Å²) >= 11 is 0. The molecule has 1 amide bonds. The third kappa shape index (κ3) is 2.42. The summed E-state index contributed by atoms with van der Waals surface area (Å²) in [5.74, 6) is -0.495. The van der Waals surface area contributed by atoms with Gasteiger partial charge in [0.1, 0.15) is 11.9 Å². The molecule has 1 heterocycles. The van der Waals surface area contributed by atoms with Gasteiger partial charge in [0.25, 0.3) is 0 Å². The maximum atomic E-state index is 12.9. The Bertz CT molecular complexity index is 644. The first-order valence-corrected chi connectivity index (χ1v) is 9.63. The molecule has 1 saturated heterocycles. The van der Waals surface area contributed by atoms with Crippen molar-refractivity contribution in [2.45, 2.75) is 39.2 Å². The van der Waals surface area contributed by atoms with E-state index < -0.39 is 27.4 Å². The Balaban J connectivity index is 1.84. The molecular weight excluding hydrogens is 320 g/mol. The van der Waals surface area contributed by atoms with Crippen LogP contribution in [-0.4, -0.2) is 56.0 Å². The van der Waals surface area contributed by atoms with Gasteiger partial charge < -0.3 is 10.5 Å². The molecular formula is C15H24N2O5S. The second kappa shape index (κ2) is 5.26. The molecule has 130 valence electrons. The summed E-state index contributed by atoms with van der Waals surface area (Å²) in [5.41, 5.74) is 4.13. The molecule has 2 bridgehead atoms. The molecule has 8 heteroatoms. The summed E-state index contributed by atoms with van der Waals surface area (Å²) in [4.78, 5) is 23.8. The number of primary amides is 1. The molecule has 2 N–H and O–H groups in total. The molecule has 0 spiro atoms. The van der Waals surface area contributed by atoms with E-state index in [2.05, 4.69) is 0 Å². The lowest BCUT2D eigenvalue weighted by Crippen LogP contribution is -2.53. The van der Waals surface area contributed by atoms with Crippen molar-refractivity contribution >= 4 is 21.7 Å². The number of nitrogens with two attached hydrogens (primary N) is 1. The number of nitrogens with zero attached hydrogens (tertiary/aromatic N) is 1. The van der Waals surface area contributed by atoms with Gasteiger partial charge in [-0.1, -0.05) is 13.8 Å². The molecule has 0 aromatic heterocycles. The summed E-state index contributed by atoms with van der Waals surface area (Å²) in [6, 6.07) is 0. The number of ketones is 1. The van der Waals surface area contributed by atoms with Crippen molar-refractivity contribution in [2.24, 2.45) is 22.5 Å². The van der Waals surface area contributed by atoms with Gasteiger partial charge in [0, 0.05) is 24.9 Å². The van der Waals surface area contributed by atoms with Crippen LogP contribution in [0, 0.1) is 16.7 Å². The lowest BCUT2D eigenvalue weighted by Gasteiger charge is -2.39. The number of morpholine rings is 1. The van der Waals surface area contributed by atoms with Crippen LogP contribution in [-0.2, 0) is 24.3 Å². The standard InChI is InChI=1S/C15H24N2O5S/c1-14(2)10-3-4-15(14,12(18)7-10)9-23(20,21)17-5-6-22-11(8-17)13(16)19/h10-11H,3-9H2,1-2H3,(H2,16,19)/t10-,11+,15+/m0/s1. The highest BCUT2D eigenvalue weighted by Crippen LogP contribution is 2.64. The molecule has 23 heavy (non-hydrogen) atoms. The van der Waals surface area contributed by atoms with Crippen LogP contribution in [0.4, 0.5) is 0 Å². The number of amides is 1. The van der Waals surface area contributed by atoms with Crippen molar-refractivity contribution in [3.8, 4) is 0 Å². The van der Waals surface area contributed by atoms with Crippen LogP contribution < -0.4 is 5.73 Å². The van der Waals surface area contributed by atoms with Crippen molar-refractivity contribution < 1.29 is 22.7 Å². The van der Waals surface area contributed by atoms with Crippen LogP contribution in [0.3, 0.4) is 0 Å².